The highest BCUT2D eigenvalue weighted by molar-refractivity contribution is 5.91. The number of azo groups is 1. The Labute approximate surface area is 154 Å². The number of amides is 1. The molecule has 27 heavy (non-hydrogen) atoms. The van der Waals surface area contributed by atoms with Crippen LogP contribution in [0.3, 0.4) is 0 Å². The molecule has 0 saturated heterocycles. The summed E-state index contributed by atoms with van der Waals surface area (Å²) in [4.78, 5) is 28.3. The number of anilines is 1. The quantitative estimate of drug-likeness (QED) is 0.387. The summed E-state index contributed by atoms with van der Waals surface area (Å²) in [5.74, 6) is -0.986. The monoisotopic (exact) mass is 361 g/mol. The molecule has 0 aliphatic rings. The van der Waals surface area contributed by atoms with Gasteiger partial charge in [0.05, 0.1) is 17.6 Å². The van der Waals surface area contributed by atoms with Crippen LogP contribution in [0.25, 0.3) is 6.08 Å². The van der Waals surface area contributed by atoms with Crippen LogP contribution in [-0.4, -0.2) is 11.9 Å². The lowest BCUT2D eigenvalue weighted by Crippen LogP contribution is -2.07. The molecule has 2 aromatic carbocycles. The van der Waals surface area contributed by atoms with Crippen molar-refractivity contribution in [1.82, 2.24) is 0 Å². The first-order chi connectivity index (χ1) is 13.2. The number of carbonyl (C=O) groups excluding carboxylic acids is 2. The van der Waals surface area contributed by atoms with Gasteiger partial charge in [0, 0.05) is 6.08 Å². The number of benzene rings is 2. The Morgan fingerprint density at radius 1 is 0.963 bits per heavy atom. The average molecular weight is 361 g/mol. The van der Waals surface area contributed by atoms with Crippen molar-refractivity contribution < 1.29 is 18.8 Å². The topological polar surface area (TPSA) is 93.3 Å². The molecule has 7 heteroatoms. The number of rotatable bonds is 6. The standard InChI is InChI=1S/C20H15N3O4/c24-19(13-8-15-5-2-1-3-6-15)27-23-17-11-9-16(10-12-17)21-22-20(25)18-7-4-14-26-18/h1-14,23H. The van der Waals surface area contributed by atoms with E-state index in [4.69, 9.17) is 9.25 Å². The van der Waals surface area contributed by atoms with Crippen molar-refractivity contribution in [3.05, 3.63) is 90.4 Å². The molecule has 1 amide bonds. The molecule has 0 fully saturated rings. The van der Waals surface area contributed by atoms with Crippen LogP contribution in [-0.2, 0) is 9.63 Å². The van der Waals surface area contributed by atoms with E-state index >= 15 is 0 Å². The number of carbonyl (C=O) groups is 2. The van der Waals surface area contributed by atoms with Crippen molar-refractivity contribution in [2.24, 2.45) is 10.2 Å². The lowest BCUT2D eigenvalue weighted by Gasteiger charge is -2.04. The molecule has 0 atom stereocenters. The number of hydrogen-bond acceptors (Lipinski definition) is 6. The molecule has 1 N–H and O–H groups in total. The summed E-state index contributed by atoms with van der Waals surface area (Å²) in [6, 6.07) is 19.0. The minimum atomic E-state index is -0.568. The van der Waals surface area contributed by atoms with Crippen LogP contribution in [0, 0.1) is 0 Å². The Balaban J connectivity index is 1.49. The van der Waals surface area contributed by atoms with Gasteiger partial charge >= 0.3 is 11.9 Å². The van der Waals surface area contributed by atoms with E-state index in [1.54, 1.807) is 36.4 Å². The molecule has 0 aliphatic heterocycles. The van der Waals surface area contributed by atoms with Gasteiger partial charge in [-0.05, 0) is 48.0 Å². The highest BCUT2D eigenvalue weighted by Crippen LogP contribution is 2.17. The van der Waals surface area contributed by atoms with E-state index in [0.29, 0.717) is 11.4 Å². The second-order valence-corrected chi connectivity index (χ2v) is 5.30. The largest absolute Gasteiger partial charge is 0.459 e. The normalized spacial score (nSPS) is 11.0. The molecule has 0 aliphatic carbocycles. The van der Waals surface area contributed by atoms with Gasteiger partial charge < -0.3 is 9.25 Å². The minimum absolute atomic E-state index is 0.118. The van der Waals surface area contributed by atoms with E-state index in [1.165, 1.54) is 18.4 Å². The summed E-state index contributed by atoms with van der Waals surface area (Å²) >= 11 is 0. The van der Waals surface area contributed by atoms with E-state index in [2.05, 4.69) is 15.7 Å². The summed E-state index contributed by atoms with van der Waals surface area (Å²) in [5, 5.41) is 7.40. The summed E-state index contributed by atoms with van der Waals surface area (Å²) in [5.41, 5.74) is 4.45. The predicted molar refractivity (Wildman–Crippen MR) is 99.2 cm³/mol. The lowest BCUT2D eigenvalue weighted by molar-refractivity contribution is -0.134. The molecule has 3 rings (SSSR count). The highest BCUT2D eigenvalue weighted by Gasteiger charge is 2.06. The maximum Gasteiger partial charge on any atom is 0.355 e. The second-order valence-electron chi connectivity index (χ2n) is 5.30. The Hall–Kier alpha value is -4.00. The molecular formula is C20H15N3O4. The summed E-state index contributed by atoms with van der Waals surface area (Å²) in [7, 11) is 0. The van der Waals surface area contributed by atoms with Gasteiger partial charge in [0.25, 0.3) is 0 Å². The predicted octanol–water partition coefficient (Wildman–Crippen LogP) is 4.79. The molecule has 0 bridgehead atoms. The smallest absolute Gasteiger partial charge is 0.355 e. The summed E-state index contributed by atoms with van der Waals surface area (Å²) in [6.07, 6.45) is 4.37. The van der Waals surface area contributed by atoms with Crippen LogP contribution >= 0.6 is 0 Å². The average Bonchev–Trinajstić information content (AvgIpc) is 3.25. The fourth-order valence-corrected chi connectivity index (χ4v) is 2.02. The van der Waals surface area contributed by atoms with E-state index in [-0.39, 0.29) is 5.76 Å². The first-order valence-corrected chi connectivity index (χ1v) is 8.00. The molecule has 3 aromatic rings. The Morgan fingerprint density at radius 2 is 1.74 bits per heavy atom. The second kappa shape index (κ2) is 8.91. The van der Waals surface area contributed by atoms with Gasteiger partial charge in [-0.2, -0.15) is 0 Å². The number of nitrogens with one attached hydrogen (secondary N) is 1. The van der Waals surface area contributed by atoms with Crippen LogP contribution in [0.5, 0.6) is 0 Å². The van der Waals surface area contributed by atoms with Gasteiger partial charge in [0.15, 0.2) is 5.76 Å². The minimum Gasteiger partial charge on any atom is -0.459 e. The van der Waals surface area contributed by atoms with E-state index in [9.17, 15) is 9.59 Å². The van der Waals surface area contributed by atoms with Crippen LogP contribution in [0.4, 0.5) is 11.4 Å². The van der Waals surface area contributed by atoms with E-state index in [0.717, 1.165) is 5.56 Å². The van der Waals surface area contributed by atoms with Crippen molar-refractivity contribution in [2.75, 3.05) is 5.48 Å². The SMILES string of the molecule is O=C(C=Cc1ccccc1)ONc1ccc(N=NC(=O)c2ccco2)cc1. The Bertz CT molecular complexity index is 947. The fraction of sp³-hybridized carbons (Fsp3) is 0. The highest BCUT2D eigenvalue weighted by atomic mass is 16.7. The molecule has 0 saturated carbocycles. The van der Waals surface area contributed by atoms with Gasteiger partial charge in [0.2, 0.25) is 0 Å². The van der Waals surface area contributed by atoms with Crippen molar-refractivity contribution >= 4 is 29.3 Å². The molecule has 7 nitrogen and oxygen atoms in total. The molecule has 1 aromatic heterocycles. The zero-order valence-corrected chi connectivity index (χ0v) is 14.1. The maximum atomic E-state index is 11.7. The summed E-state index contributed by atoms with van der Waals surface area (Å²) in [6.45, 7) is 0. The molecule has 0 radical (unpaired) electrons. The van der Waals surface area contributed by atoms with Crippen molar-refractivity contribution in [3.63, 3.8) is 0 Å². The number of nitrogens with zero attached hydrogens (tertiary/aromatic N) is 2. The van der Waals surface area contributed by atoms with Crippen LogP contribution in [0.15, 0.2) is 93.7 Å². The zero-order chi connectivity index (χ0) is 18.9. The lowest BCUT2D eigenvalue weighted by atomic mass is 10.2. The number of hydrogen-bond donors (Lipinski definition) is 1. The first-order valence-electron chi connectivity index (χ1n) is 8.00. The third-order valence-corrected chi connectivity index (χ3v) is 3.34. The third kappa shape index (κ3) is 5.50. The number of furan rings is 1. The first kappa shape index (κ1) is 17.8. The van der Waals surface area contributed by atoms with Crippen molar-refractivity contribution in [1.29, 1.82) is 0 Å². The summed E-state index contributed by atoms with van der Waals surface area (Å²) < 4.78 is 4.94. The fourth-order valence-electron chi connectivity index (χ4n) is 2.02. The van der Waals surface area contributed by atoms with Gasteiger partial charge in [-0.1, -0.05) is 30.3 Å². The van der Waals surface area contributed by atoms with Gasteiger partial charge in [-0.3, -0.25) is 4.79 Å². The van der Waals surface area contributed by atoms with E-state index < -0.39 is 11.9 Å². The molecule has 0 spiro atoms. The molecular weight excluding hydrogens is 346 g/mol. The van der Waals surface area contributed by atoms with Gasteiger partial charge in [0.1, 0.15) is 0 Å². The Kier molecular flexibility index (Phi) is 5.88. The van der Waals surface area contributed by atoms with Crippen LogP contribution in [0.2, 0.25) is 0 Å². The third-order valence-electron chi connectivity index (χ3n) is 3.34. The van der Waals surface area contributed by atoms with Crippen LogP contribution in [0.1, 0.15) is 16.1 Å². The van der Waals surface area contributed by atoms with Crippen molar-refractivity contribution in [3.8, 4) is 0 Å². The van der Waals surface area contributed by atoms with Crippen molar-refractivity contribution in [2.45, 2.75) is 0 Å². The molecule has 1 heterocycles. The van der Waals surface area contributed by atoms with Crippen LogP contribution < -0.4 is 5.48 Å². The maximum absolute atomic E-state index is 11.7. The molecule has 134 valence electrons. The molecule has 0 unspecified atom stereocenters. The van der Waals surface area contributed by atoms with Gasteiger partial charge in [-0.25, -0.2) is 10.3 Å². The van der Waals surface area contributed by atoms with Gasteiger partial charge in [-0.15, -0.1) is 10.2 Å². The Morgan fingerprint density at radius 3 is 2.44 bits per heavy atom. The van der Waals surface area contributed by atoms with E-state index in [1.807, 2.05) is 30.3 Å². The zero-order valence-electron chi connectivity index (χ0n) is 14.1.